The van der Waals surface area contributed by atoms with E-state index in [9.17, 15) is 53.3 Å². The standard InChI is InChI=1S/C12H21N3O12S3.3Na/c16-10-13(4-1-7-28(19,20)21)11(17)15(6-3-9-30(25,26)27)12(18)14(10)5-2-8-29(22,23)24;;;/h1-9H2,(H,19,20,21)(H,22,23,24)(H,25,26,27);;;/q;3*+1/p-3. The number of hydrogen-bond donors (Lipinski definition) is 0. The summed E-state index contributed by atoms with van der Waals surface area (Å²) in [6.07, 6.45) is -1.37. The molecule has 0 aliphatic rings. The molecule has 0 N–H and O–H groups in total. The zero-order valence-corrected chi connectivity index (χ0v) is 26.8. The molecule has 0 aromatic carbocycles. The van der Waals surface area contributed by atoms with Crippen molar-refractivity contribution in [1.82, 2.24) is 13.7 Å². The van der Waals surface area contributed by atoms with Gasteiger partial charge >= 0.3 is 106 Å². The molecule has 33 heavy (non-hydrogen) atoms. The van der Waals surface area contributed by atoms with E-state index < -0.39 is 104 Å². The van der Waals surface area contributed by atoms with Crippen LogP contribution in [-0.4, -0.2) is 69.9 Å². The third-order valence-corrected chi connectivity index (χ3v) is 6.08. The Morgan fingerprint density at radius 1 is 0.485 bits per heavy atom. The van der Waals surface area contributed by atoms with Gasteiger partial charge in [0, 0.05) is 36.9 Å². The van der Waals surface area contributed by atoms with Gasteiger partial charge in [-0.05, 0) is 19.3 Å². The van der Waals surface area contributed by atoms with Crippen LogP contribution in [0, 0.1) is 0 Å². The molecule has 0 aliphatic heterocycles. The molecule has 1 heterocycles. The van der Waals surface area contributed by atoms with Crippen LogP contribution in [-0.2, 0) is 50.0 Å². The van der Waals surface area contributed by atoms with E-state index in [1.807, 2.05) is 0 Å². The van der Waals surface area contributed by atoms with Crippen LogP contribution < -0.4 is 106 Å². The molecule has 0 saturated carbocycles. The third-order valence-electron chi connectivity index (χ3n) is 3.71. The van der Waals surface area contributed by atoms with Crippen molar-refractivity contribution in [2.45, 2.75) is 38.9 Å². The Morgan fingerprint density at radius 3 is 0.818 bits per heavy atom. The van der Waals surface area contributed by atoms with E-state index in [0.29, 0.717) is 13.7 Å². The van der Waals surface area contributed by atoms with Crippen molar-refractivity contribution >= 4 is 30.4 Å². The second-order valence-corrected chi connectivity index (χ2v) is 10.7. The number of rotatable bonds is 12. The Kier molecular flexibility index (Phi) is 18.8. The maximum Gasteiger partial charge on any atom is 1.00 e. The first kappa shape index (κ1) is 38.7. The van der Waals surface area contributed by atoms with E-state index in [2.05, 4.69) is 0 Å². The van der Waals surface area contributed by atoms with Crippen LogP contribution in [0.4, 0.5) is 0 Å². The van der Waals surface area contributed by atoms with E-state index in [-0.39, 0.29) is 88.7 Å². The minimum Gasteiger partial charge on any atom is -0.748 e. The Hall–Kier alpha value is 1.14. The van der Waals surface area contributed by atoms with Crippen LogP contribution in [0.5, 0.6) is 0 Å². The van der Waals surface area contributed by atoms with Crippen molar-refractivity contribution in [3.63, 3.8) is 0 Å². The molecule has 1 aromatic heterocycles. The molecule has 0 spiro atoms. The molecule has 0 unspecified atom stereocenters. The van der Waals surface area contributed by atoms with Gasteiger partial charge in [0.1, 0.15) is 0 Å². The summed E-state index contributed by atoms with van der Waals surface area (Å²) < 4.78 is 97.5. The molecule has 21 heteroatoms. The molecule has 0 saturated heterocycles. The van der Waals surface area contributed by atoms with Crippen LogP contribution in [0.25, 0.3) is 0 Å². The van der Waals surface area contributed by atoms with Gasteiger partial charge in [0.2, 0.25) is 0 Å². The second kappa shape index (κ2) is 16.1. The van der Waals surface area contributed by atoms with Gasteiger partial charge < -0.3 is 13.7 Å². The number of aromatic nitrogens is 3. The monoisotopic (exact) mass is 561 g/mol. The van der Waals surface area contributed by atoms with Crippen LogP contribution >= 0.6 is 0 Å². The quantitative estimate of drug-likeness (QED) is 0.171. The maximum absolute atomic E-state index is 12.4. The van der Waals surface area contributed by atoms with Crippen LogP contribution in [0.15, 0.2) is 14.4 Å². The van der Waals surface area contributed by atoms with Crippen LogP contribution in [0.3, 0.4) is 0 Å². The Labute approximate surface area is 256 Å². The Bertz CT molecular complexity index is 1080. The van der Waals surface area contributed by atoms with Crippen LogP contribution in [0.2, 0.25) is 0 Å². The van der Waals surface area contributed by atoms with Crippen molar-refractivity contribution in [3.05, 3.63) is 31.5 Å². The van der Waals surface area contributed by atoms with Gasteiger partial charge in [-0.15, -0.1) is 0 Å². The summed E-state index contributed by atoms with van der Waals surface area (Å²) in [5.74, 6) is -2.75. The first-order chi connectivity index (χ1) is 13.5. The van der Waals surface area contributed by atoms with Crippen molar-refractivity contribution in [3.8, 4) is 0 Å². The zero-order chi connectivity index (χ0) is 23.3. The van der Waals surface area contributed by atoms with E-state index in [1.165, 1.54) is 0 Å². The third kappa shape index (κ3) is 15.1. The Morgan fingerprint density at radius 2 is 0.667 bits per heavy atom. The summed E-state index contributed by atoms with van der Waals surface area (Å²) in [4.78, 5) is 37.3. The van der Waals surface area contributed by atoms with Gasteiger partial charge in [-0.2, -0.15) is 0 Å². The molecule has 0 fully saturated rings. The normalized spacial score (nSPS) is 11.7. The summed E-state index contributed by atoms with van der Waals surface area (Å²) >= 11 is 0. The fourth-order valence-electron chi connectivity index (χ4n) is 2.45. The average Bonchev–Trinajstić information content (AvgIpc) is 2.54. The van der Waals surface area contributed by atoms with E-state index in [1.54, 1.807) is 0 Å². The molecule has 0 aliphatic carbocycles. The SMILES string of the molecule is O=c1n(CCCS(=O)(=O)[O-])c(=O)n(CCCS(=O)(=O)[O-])c(=O)n1CCCS(=O)(=O)[O-].[Na+].[Na+].[Na+]. The molecular weight excluding hydrogens is 543 g/mol. The molecular formula is C12H18N3Na3O12S3. The minimum atomic E-state index is -4.66. The summed E-state index contributed by atoms with van der Waals surface area (Å²) in [5.41, 5.74) is -3.70. The summed E-state index contributed by atoms with van der Waals surface area (Å²) in [6, 6.07) is 0. The van der Waals surface area contributed by atoms with Gasteiger partial charge in [-0.3, -0.25) is 0 Å². The van der Waals surface area contributed by atoms with E-state index in [0.717, 1.165) is 0 Å². The number of nitrogens with zero attached hydrogens (tertiary/aromatic N) is 3. The maximum atomic E-state index is 12.4. The van der Waals surface area contributed by atoms with Crippen molar-refractivity contribution in [1.29, 1.82) is 0 Å². The van der Waals surface area contributed by atoms with Gasteiger partial charge in [-0.1, -0.05) is 0 Å². The molecule has 0 amide bonds. The fourth-order valence-corrected chi connectivity index (χ4v) is 3.90. The molecule has 0 radical (unpaired) electrons. The molecule has 0 atom stereocenters. The van der Waals surface area contributed by atoms with Crippen molar-refractivity contribution in [2.24, 2.45) is 0 Å². The average molecular weight is 561 g/mol. The van der Waals surface area contributed by atoms with Gasteiger partial charge in [0.05, 0.1) is 30.4 Å². The molecule has 1 rings (SSSR count). The van der Waals surface area contributed by atoms with Crippen LogP contribution in [0.1, 0.15) is 19.3 Å². The molecule has 15 nitrogen and oxygen atoms in total. The van der Waals surface area contributed by atoms with Crippen molar-refractivity contribution < 1.29 is 128 Å². The first-order valence-corrected chi connectivity index (χ1v) is 13.0. The zero-order valence-electron chi connectivity index (χ0n) is 18.3. The summed E-state index contributed by atoms with van der Waals surface area (Å²) in [6.45, 7) is -1.75. The fraction of sp³-hybridized carbons (Fsp3) is 0.750. The van der Waals surface area contributed by atoms with Gasteiger partial charge in [0.15, 0.2) is 0 Å². The van der Waals surface area contributed by atoms with E-state index >= 15 is 0 Å². The molecule has 174 valence electrons. The largest absolute Gasteiger partial charge is 1.00 e. The number of hydrogen-bond acceptors (Lipinski definition) is 12. The topological polar surface area (TPSA) is 238 Å². The molecule has 0 bridgehead atoms. The summed E-state index contributed by atoms with van der Waals surface area (Å²) in [5, 5.41) is 0. The van der Waals surface area contributed by atoms with Crippen molar-refractivity contribution in [2.75, 3.05) is 17.3 Å². The smallest absolute Gasteiger partial charge is 0.748 e. The minimum absolute atomic E-state index is 0. The van der Waals surface area contributed by atoms with E-state index in [4.69, 9.17) is 0 Å². The summed E-state index contributed by atoms with van der Waals surface area (Å²) in [7, 11) is -14.0. The first-order valence-electron chi connectivity index (χ1n) is 8.27. The predicted octanol–water partition coefficient (Wildman–Crippen LogP) is -13.0. The van der Waals surface area contributed by atoms with Gasteiger partial charge in [-0.25, -0.2) is 53.3 Å². The predicted molar refractivity (Wildman–Crippen MR) is 96.8 cm³/mol. The molecule has 1 aromatic rings. The second-order valence-electron chi connectivity index (χ2n) is 6.15. The van der Waals surface area contributed by atoms with Gasteiger partial charge in [0.25, 0.3) is 0 Å². The Balaban J connectivity index is -0.00000300.